The Labute approximate surface area is 205 Å². The third-order valence-corrected chi connectivity index (χ3v) is 7.00. The summed E-state index contributed by atoms with van der Waals surface area (Å²) in [7, 11) is 6.02. The summed E-state index contributed by atoms with van der Waals surface area (Å²) < 4.78 is 12.7. The highest BCUT2D eigenvalue weighted by molar-refractivity contribution is 5.97. The number of carbonyl (C=O) groups excluding carboxylic acids is 1. The Hall–Kier alpha value is -4.25. The van der Waals surface area contributed by atoms with Gasteiger partial charge in [-0.2, -0.15) is 0 Å². The molecular weight excluding hydrogens is 436 g/mol. The molecule has 0 amide bonds. The van der Waals surface area contributed by atoms with Crippen LogP contribution in [0.3, 0.4) is 0 Å². The van der Waals surface area contributed by atoms with Crippen LogP contribution in [-0.4, -0.2) is 27.1 Å². The molecule has 174 valence electrons. The maximum absolute atomic E-state index is 13.1. The third-order valence-electron chi connectivity index (χ3n) is 7.00. The van der Waals surface area contributed by atoms with Gasteiger partial charge in [0.25, 0.3) is 0 Å². The lowest BCUT2D eigenvalue weighted by Gasteiger charge is -2.37. The van der Waals surface area contributed by atoms with Gasteiger partial charge in [0, 0.05) is 61.0 Å². The predicted molar refractivity (Wildman–Crippen MR) is 138 cm³/mol. The van der Waals surface area contributed by atoms with Crippen molar-refractivity contribution < 1.29 is 14.3 Å². The monoisotopic (exact) mass is 462 g/mol. The summed E-state index contributed by atoms with van der Waals surface area (Å²) in [5.74, 6) is 1.04. The van der Waals surface area contributed by atoms with Gasteiger partial charge in [-0.15, -0.1) is 0 Å². The van der Waals surface area contributed by atoms with Gasteiger partial charge in [-0.1, -0.05) is 35.9 Å². The number of ether oxygens (including phenoxy) is 2. The molecule has 2 aliphatic heterocycles. The van der Waals surface area contributed by atoms with Crippen LogP contribution >= 0.6 is 0 Å². The molecule has 0 bridgehead atoms. The molecule has 5 nitrogen and oxygen atoms in total. The van der Waals surface area contributed by atoms with Crippen molar-refractivity contribution in [3.05, 3.63) is 113 Å². The molecule has 0 aromatic heterocycles. The Morgan fingerprint density at radius 2 is 1.40 bits per heavy atom. The number of fused-ring (bicyclic) bond motifs is 6. The summed E-state index contributed by atoms with van der Waals surface area (Å²) in [5, 5.41) is 0. The second kappa shape index (κ2) is 7.64. The van der Waals surface area contributed by atoms with Gasteiger partial charge in [-0.3, -0.25) is 0 Å². The van der Waals surface area contributed by atoms with Gasteiger partial charge in [0.15, 0.2) is 5.60 Å². The summed E-state index contributed by atoms with van der Waals surface area (Å²) in [6, 6.07) is 28.2. The van der Waals surface area contributed by atoms with Crippen molar-refractivity contribution in [3.63, 3.8) is 0 Å². The first-order valence-corrected chi connectivity index (χ1v) is 11.7. The molecule has 0 radical (unpaired) electrons. The Kier molecular flexibility index (Phi) is 4.65. The molecule has 0 N–H and O–H groups in total. The highest BCUT2D eigenvalue weighted by Gasteiger charge is 2.53. The Morgan fingerprint density at radius 1 is 0.686 bits per heavy atom. The van der Waals surface area contributed by atoms with Gasteiger partial charge in [-0.25, -0.2) is 4.79 Å². The van der Waals surface area contributed by atoms with E-state index < -0.39 is 5.60 Å². The molecule has 4 aromatic carbocycles. The van der Waals surface area contributed by atoms with E-state index >= 15 is 0 Å². The zero-order valence-electron chi connectivity index (χ0n) is 20.2. The van der Waals surface area contributed by atoms with E-state index in [1.165, 1.54) is 5.56 Å². The summed E-state index contributed by atoms with van der Waals surface area (Å²) >= 11 is 0. The van der Waals surface area contributed by atoms with Crippen LogP contribution in [0, 0.1) is 6.92 Å². The standard InChI is InChI=1S/C30H26N2O3/c1-19-9-11-20(12-10-19)32(4)22-14-16-27-26(17-22)30(24-8-6-5-7-23(24)29(33)35-30)25-15-13-21(31(2)3)18-28(25)34-27/h5-18H,1-4H3. The number of nitrogens with zero attached hydrogens (tertiary/aromatic N) is 2. The SMILES string of the molecule is Cc1ccc(N(C)c2ccc3c(c2)C2(OC(=O)c4ccccc42)c2ccc(N(C)C)cc2O3)cc1. The molecule has 0 aliphatic carbocycles. The molecule has 1 spiro atoms. The topological polar surface area (TPSA) is 42.0 Å². The number of aryl methyl sites for hydroxylation is 1. The molecule has 2 aliphatic rings. The predicted octanol–water partition coefficient (Wildman–Crippen LogP) is 6.40. The quantitative estimate of drug-likeness (QED) is 0.330. The van der Waals surface area contributed by atoms with Crippen LogP contribution < -0.4 is 14.5 Å². The van der Waals surface area contributed by atoms with Gasteiger partial charge in [-0.05, 0) is 55.5 Å². The number of esters is 1. The summed E-state index contributed by atoms with van der Waals surface area (Å²) in [4.78, 5) is 17.3. The average molecular weight is 463 g/mol. The summed E-state index contributed by atoms with van der Waals surface area (Å²) in [5.41, 5.74) is 6.25. The highest BCUT2D eigenvalue weighted by Crippen LogP contribution is 2.57. The highest BCUT2D eigenvalue weighted by atomic mass is 16.6. The molecule has 2 heterocycles. The lowest BCUT2D eigenvalue weighted by Crippen LogP contribution is -2.33. The van der Waals surface area contributed by atoms with Gasteiger partial charge >= 0.3 is 5.97 Å². The zero-order chi connectivity index (χ0) is 24.3. The fraction of sp³-hybridized carbons (Fsp3) is 0.167. The first-order chi connectivity index (χ1) is 16.9. The molecule has 0 fully saturated rings. The first-order valence-electron chi connectivity index (χ1n) is 11.7. The third kappa shape index (κ3) is 3.12. The van der Waals surface area contributed by atoms with Crippen LogP contribution in [0.25, 0.3) is 0 Å². The van der Waals surface area contributed by atoms with Crippen LogP contribution in [0.2, 0.25) is 0 Å². The average Bonchev–Trinajstić information content (AvgIpc) is 3.17. The molecule has 1 unspecified atom stereocenters. The van der Waals surface area contributed by atoms with E-state index in [4.69, 9.17) is 9.47 Å². The number of anilines is 3. The first kappa shape index (κ1) is 21.3. The van der Waals surface area contributed by atoms with E-state index in [9.17, 15) is 4.79 Å². The number of hydrogen-bond acceptors (Lipinski definition) is 5. The molecule has 35 heavy (non-hydrogen) atoms. The van der Waals surface area contributed by atoms with Crippen molar-refractivity contribution in [2.45, 2.75) is 12.5 Å². The smallest absolute Gasteiger partial charge is 0.340 e. The van der Waals surface area contributed by atoms with Crippen molar-refractivity contribution in [1.82, 2.24) is 0 Å². The largest absolute Gasteiger partial charge is 0.456 e. The minimum atomic E-state index is -1.08. The number of carbonyl (C=O) groups is 1. The Balaban J connectivity index is 1.58. The van der Waals surface area contributed by atoms with Crippen molar-refractivity contribution in [3.8, 4) is 11.5 Å². The number of hydrogen-bond donors (Lipinski definition) is 0. The van der Waals surface area contributed by atoms with Gasteiger partial charge in [0.1, 0.15) is 11.5 Å². The van der Waals surface area contributed by atoms with Crippen LogP contribution in [0.1, 0.15) is 32.6 Å². The van der Waals surface area contributed by atoms with Crippen LogP contribution in [-0.2, 0) is 10.3 Å². The second-order valence-electron chi connectivity index (χ2n) is 9.37. The van der Waals surface area contributed by atoms with Gasteiger partial charge in [0.05, 0.1) is 5.56 Å². The van der Waals surface area contributed by atoms with Crippen LogP contribution in [0.15, 0.2) is 84.9 Å². The molecular formula is C30H26N2O3. The maximum Gasteiger partial charge on any atom is 0.340 e. The van der Waals surface area contributed by atoms with Crippen LogP contribution in [0.5, 0.6) is 11.5 Å². The number of rotatable bonds is 3. The van der Waals surface area contributed by atoms with Gasteiger partial charge < -0.3 is 19.3 Å². The Bertz CT molecular complexity index is 1480. The van der Waals surface area contributed by atoms with Crippen molar-refractivity contribution in [1.29, 1.82) is 0 Å². The van der Waals surface area contributed by atoms with Crippen molar-refractivity contribution >= 4 is 23.0 Å². The minimum Gasteiger partial charge on any atom is -0.456 e. The van der Waals surface area contributed by atoms with E-state index in [1.807, 2.05) is 80.6 Å². The van der Waals surface area contributed by atoms with Crippen molar-refractivity contribution in [2.75, 3.05) is 30.9 Å². The second-order valence-corrected chi connectivity index (χ2v) is 9.37. The van der Waals surface area contributed by atoms with Gasteiger partial charge in [0.2, 0.25) is 0 Å². The molecule has 0 saturated carbocycles. The fourth-order valence-electron chi connectivity index (χ4n) is 5.05. The van der Waals surface area contributed by atoms with E-state index in [1.54, 1.807) is 0 Å². The van der Waals surface area contributed by atoms with E-state index in [-0.39, 0.29) is 5.97 Å². The zero-order valence-corrected chi connectivity index (χ0v) is 20.2. The lowest BCUT2D eigenvalue weighted by molar-refractivity contribution is 0.0224. The lowest BCUT2D eigenvalue weighted by atomic mass is 9.77. The summed E-state index contributed by atoms with van der Waals surface area (Å²) in [6.45, 7) is 2.08. The van der Waals surface area contributed by atoms with Crippen molar-refractivity contribution in [2.24, 2.45) is 0 Å². The molecule has 6 rings (SSSR count). The normalized spacial score (nSPS) is 17.2. The van der Waals surface area contributed by atoms with E-state index in [0.717, 1.165) is 33.8 Å². The Morgan fingerprint density at radius 3 is 2.17 bits per heavy atom. The number of benzene rings is 4. The molecule has 0 saturated heterocycles. The van der Waals surface area contributed by atoms with E-state index in [0.29, 0.717) is 17.1 Å². The van der Waals surface area contributed by atoms with E-state index in [2.05, 4.69) is 42.2 Å². The minimum absolute atomic E-state index is 0.326. The van der Waals surface area contributed by atoms with Crippen LogP contribution in [0.4, 0.5) is 17.1 Å². The molecule has 4 aromatic rings. The maximum atomic E-state index is 13.1. The summed E-state index contributed by atoms with van der Waals surface area (Å²) in [6.07, 6.45) is 0. The molecule has 5 heteroatoms. The molecule has 1 atom stereocenters. The fourth-order valence-corrected chi connectivity index (χ4v) is 5.05.